The molecule has 1 atom stereocenters. The van der Waals surface area contributed by atoms with Gasteiger partial charge in [-0.1, -0.05) is 0 Å². The van der Waals surface area contributed by atoms with E-state index in [1.165, 1.54) is 11.5 Å². The molecule has 7 heteroatoms. The van der Waals surface area contributed by atoms with Gasteiger partial charge in [0.15, 0.2) is 0 Å². The van der Waals surface area contributed by atoms with Crippen LogP contribution in [0.1, 0.15) is 28.3 Å². The molecule has 0 aliphatic carbocycles. The van der Waals surface area contributed by atoms with E-state index in [9.17, 15) is 4.79 Å². The highest BCUT2D eigenvalue weighted by Crippen LogP contribution is 2.20. The van der Waals surface area contributed by atoms with Crippen molar-refractivity contribution in [2.24, 2.45) is 0 Å². The fraction of sp³-hybridized carbons (Fsp3) is 0.467. The average Bonchev–Trinajstić information content (AvgIpc) is 3.16. The highest BCUT2D eigenvalue weighted by Gasteiger charge is 2.30. The van der Waals surface area contributed by atoms with Crippen molar-refractivity contribution in [2.45, 2.75) is 25.9 Å². The van der Waals surface area contributed by atoms with Crippen molar-refractivity contribution in [3.05, 3.63) is 40.9 Å². The van der Waals surface area contributed by atoms with Crippen molar-refractivity contribution in [2.75, 3.05) is 20.1 Å². The molecule has 1 amide bonds. The van der Waals surface area contributed by atoms with Crippen LogP contribution in [0, 0.1) is 6.92 Å². The van der Waals surface area contributed by atoms with Gasteiger partial charge in [0.2, 0.25) is 0 Å². The minimum atomic E-state index is 0.0955. The number of amides is 1. The van der Waals surface area contributed by atoms with Crippen LogP contribution < -0.4 is 0 Å². The first kappa shape index (κ1) is 15.1. The number of aromatic nitrogens is 3. The molecular formula is C15H19N5OS. The Morgan fingerprint density at radius 1 is 1.45 bits per heavy atom. The van der Waals surface area contributed by atoms with E-state index in [0.29, 0.717) is 12.6 Å². The third kappa shape index (κ3) is 3.15. The molecule has 1 aliphatic rings. The van der Waals surface area contributed by atoms with E-state index in [1.807, 2.05) is 23.3 Å². The van der Waals surface area contributed by atoms with Gasteiger partial charge in [0.25, 0.3) is 5.91 Å². The lowest BCUT2D eigenvalue weighted by molar-refractivity contribution is 0.0779. The number of likely N-dealkylation sites (tertiary alicyclic amines) is 1. The van der Waals surface area contributed by atoms with Crippen molar-refractivity contribution in [1.82, 2.24) is 24.1 Å². The lowest BCUT2D eigenvalue weighted by Crippen LogP contribution is -2.36. The topological polar surface area (TPSA) is 62.2 Å². The minimum absolute atomic E-state index is 0.0955. The van der Waals surface area contributed by atoms with Crippen LogP contribution >= 0.6 is 11.5 Å². The van der Waals surface area contributed by atoms with Gasteiger partial charge >= 0.3 is 0 Å². The molecule has 1 fully saturated rings. The van der Waals surface area contributed by atoms with E-state index in [2.05, 4.69) is 26.3 Å². The molecular weight excluding hydrogens is 298 g/mol. The van der Waals surface area contributed by atoms with Crippen molar-refractivity contribution >= 4 is 17.4 Å². The van der Waals surface area contributed by atoms with Crippen LogP contribution in [0.3, 0.4) is 0 Å². The minimum Gasteiger partial charge on any atom is -0.337 e. The van der Waals surface area contributed by atoms with Crippen LogP contribution in [-0.2, 0) is 6.54 Å². The molecule has 2 aromatic rings. The van der Waals surface area contributed by atoms with E-state index in [1.54, 1.807) is 12.4 Å². The van der Waals surface area contributed by atoms with Crippen molar-refractivity contribution in [3.8, 4) is 0 Å². The summed E-state index contributed by atoms with van der Waals surface area (Å²) in [5.41, 5.74) is 1.56. The zero-order valence-corrected chi connectivity index (χ0v) is 13.6. The molecule has 116 valence electrons. The van der Waals surface area contributed by atoms with Gasteiger partial charge in [-0.3, -0.25) is 9.69 Å². The summed E-state index contributed by atoms with van der Waals surface area (Å²) < 4.78 is 4.19. The number of likely N-dealkylation sites (N-methyl/N-ethyl adjacent to an activating group) is 1. The molecule has 6 nitrogen and oxygen atoms in total. The number of aryl methyl sites for hydroxylation is 1. The van der Waals surface area contributed by atoms with Gasteiger partial charge in [0.05, 0.1) is 17.8 Å². The second kappa shape index (κ2) is 6.50. The maximum Gasteiger partial charge on any atom is 0.256 e. The van der Waals surface area contributed by atoms with Gasteiger partial charge in [-0.25, -0.2) is 9.97 Å². The molecule has 0 saturated carbocycles. The summed E-state index contributed by atoms with van der Waals surface area (Å²) in [4.78, 5) is 25.2. The van der Waals surface area contributed by atoms with E-state index >= 15 is 0 Å². The highest BCUT2D eigenvalue weighted by molar-refractivity contribution is 7.03. The summed E-state index contributed by atoms with van der Waals surface area (Å²) in [6.07, 6.45) is 4.49. The number of rotatable bonds is 4. The Balaban J connectivity index is 1.60. The SMILES string of the molecule is Cc1nscc1C(=O)N1CC[C@H](N(C)Cc2ncccn2)C1. The normalized spacial score (nSPS) is 18.1. The molecule has 2 aromatic heterocycles. The lowest BCUT2D eigenvalue weighted by Gasteiger charge is -2.23. The van der Waals surface area contributed by atoms with Gasteiger partial charge < -0.3 is 4.90 Å². The third-order valence-corrected chi connectivity index (χ3v) is 4.78. The van der Waals surface area contributed by atoms with Crippen LogP contribution in [0.5, 0.6) is 0 Å². The number of hydrogen-bond acceptors (Lipinski definition) is 6. The molecule has 0 spiro atoms. The van der Waals surface area contributed by atoms with Crippen molar-refractivity contribution in [3.63, 3.8) is 0 Å². The standard InChI is InChI=1S/C15H19N5OS/c1-11-13(10-22-18-11)15(21)20-7-4-12(8-20)19(2)9-14-16-5-3-6-17-14/h3,5-6,10,12H,4,7-9H2,1-2H3/t12-/m0/s1. The molecule has 0 unspecified atom stereocenters. The summed E-state index contributed by atoms with van der Waals surface area (Å²) in [5, 5.41) is 1.84. The molecule has 0 bridgehead atoms. The van der Waals surface area contributed by atoms with Crippen LogP contribution in [0.15, 0.2) is 23.8 Å². The summed E-state index contributed by atoms with van der Waals surface area (Å²) >= 11 is 1.34. The maximum atomic E-state index is 12.5. The average molecular weight is 317 g/mol. The zero-order valence-electron chi connectivity index (χ0n) is 12.8. The maximum absolute atomic E-state index is 12.5. The van der Waals surface area contributed by atoms with E-state index in [0.717, 1.165) is 36.6 Å². The predicted octanol–water partition coefficient (Wildman–Crippen LogP) is 1.59. The van der Waals surface area contributed by atoms with Gasteiger partial charge in [-0.2, -0.15) is 4.37 Å². The molecule has 0 aromatic carbocycles. The Bertz CT molecular complexity index is 644. The third-order valence-electron chi connectivity index (χ3n) is 4.06. The summed E-state index contributed by atoms with van der Waals surface area (Å²) in [6, 6.07) is 2.16. The van der Waals surface area contributed by atoms with E-state index in [4.69, 9.17) is 0 Å². The van der Waals surface area contributed by atoms with E-state index < -0.39 is 0 Å². The Morgan fingerprint density at radius 3 is 2.91 bits per heavy atom. The van der Waals surface area contributed by atoms with Gasteiger partial charge in [0, 0.05) is 36.9 Å². The van der Waals surface area contributed by atoms with Crippen LogP contribution in [-0.4, -0.2) is 56.2 Å². The fourth-order valence-electron chi connectivity index (χ4n) is 2.72. The van der Waals surface area contributed by atoms with Crippen LogP contribution in [0.2, 0.25) is 0 Å². The summed E-state index contributed by atoms with van der Waals surface area (Å²) in [7, 11) is 2.06. The zero-order chi connectivity index (χ0) is 15.5. The molecule has 0 N–H and O–H groups in total. The Morgan fingerprint density at radius 2 is 2.23 bits per heavy atom. The second-order valence-electron chi connectivity index (χ2n) is 5.59. The second-order valence-corrected chi connectivity index (χ2v) is 6.22. The smallest absolute Gasteiger partial charge is 0.256 e. The first-order chi connectivity index (χ1) is 10.6. The summed E-state index contributed by atoms with van der Waals surface area (Å²) in [5.74, 6) is 0.908. The predicted molar refractivity (Wildman–Crippen MR) is 84.7 cm³/mol. The molecule has 3 rings (SSSR count). The van der Waals surface area contributed by atoms with Crippen molar-refractivity contribution < 1.29 is 4.79 Å². The highest BCUT2D eigenvalue weighted by atomic mass is 32.1. The Kier molecular flexibility index (Phi) is 4.44. The fourth-order valence-corrected chi connectivity index (χ4v) is 3.40. The Labute approximate surface area is 134 Å². The molecule has 1 aliphatic heterocycles. The molecule has 22 heavy (non-hydrogen) atoms. The number of nitrogens with zero attached hydrogens (tertiary/aromatic N) is 5. The number of hydrogen-bond donors (Lipinski definition) is 0. The van der Waals surface area contributed by atoms with Crippen LogP contribution in [0.25, 0.3) is 0 Å². The monoisotopic (exact) mass is 317 g/mol. The van der Waals surface area contributed by atoms with Gasteiger partial charge in [0.1, 0.15) is 5.82 Å². The first-order valence-corrected chi connectivity index (χ1v) is 8.15. The number of carbonyl (C=O) groups excluding carboxylic acids is 1. The molecule has 3 heterocycles. The largest absolute Gasteiger partial charge is 0.337 e. The first-order valence-electron chi connectivity index (χ1n) is 7.31. The summed E-state index contributed by atoms with van der Waals surface area (Å²) in [6.45, 7) is 4.12. The number of carbonyl (C=O) groups is 1. The van der Waals surface area contributed by atoms with Gasteiger partial charge in [-0.05, 0) is 38.0 Å². The van der Waals surface area contributed by atoms with Gasteiger partial charge in [-0.15, -0.1) is 0 Å². The van der Waals surface area contributed by atoms with Crippen molar-refractivity contribution in [1.29, 1.82) is 0 Å². The lowest BCUT2D eigenvalue weighted by atomic mass is 10.2. The van der Waals surface area contributed by atoms with Crippen LogP contribution in [0.4, 0.5) is 0 Å². The molecule has 1 saturated heterocycles. The quantitative estimate of drug-likeness (QED) is 0.857. The Hall–Kier alpha value is -1.86. The molecule has 0 radical (unpaired) electrons. The van der Waals surface area contributed by atoms with E-state index in [-0.39, 0.29) is 5.91 Å².